The lowest BCUT2D eigenvalue weighted by Crippen LogP contribution is -2.49. The van der Waals surface area contributed by atoms with Crippen molar-refractivity contribution in [2.45, 2.75) is 50.7 Å². The van der Waals surface area contributed by atoms with Crippen molar-refractivity contribution in [2.24, 2.45) is 0 Å². The predicted molar refractivity (Wildman–Crippen MR) is 86.7 cm³/mol. The zero-order chi connectivity index (χ0) is 15.4. The minimum atomic E-state index is -0.0824. The topological polar surface area (TPSA) is 39.7 Å². The average Bonchev–Trinajstić information content (AvgIpc) is 2.55. The molecule has 0 saturated carbocycles. The van der Waals surface area contributed by atoms with Gasteiger partial charge in [-0.25, -0.2) is 0 Å². The number of unbranched alkanes of at least 4 members (excludes halogenated alkanes) is 1. The Morgan fingerprint density at radius 2 is 2.14 bits per heavy atom. The fourth-order valence-electron chi connectivity index (χ4n) is 3.49. The fourth-order valence-corrected chi connectivity index (χ4v) is 3.49. The number of rotatable bonds is 5. The van der Waals surface area contributed by atoms with E-state index in [0.717, 1.165) is 68.9 Å². The van der Waals surface area contributed by atoms with E-state index in [9.17, 15) is 0 Å². The quantitative estimate of drug-likeness (QED) is 0.846. The van der Waals surface area contributed by atoms with Crippen molar-refractivity contribution in [3.05, 3.63) is 23.8 Å². The van der Waals surface area contributed by atoms with Crippen LogP contribution in [0.2, 0.25) is 0 Å². The van der Waals surface area contributed by atoms with Crippen molar-refractivity contribution in [3.63, 3.8) is 0 Å². The Hall–Kier alpha value is -1.26. The first-order valence-electron chi connectivity index (χ1n) is 8.46. The van der Waals surface area contributed by atoms with Crippen LogP contribution in [0.4, 0.5) is 0 Å². The summed E-state index contributed by atoms with van der Waals surface area (Å²) in [6, 6.07) is 6.11. The lowest BCUT2D eigenvalue weighted by molar-refractivity contribution is -0.0490. The Kier molecular flexibility index (Phi) is 4.89. The molecule has 1 saturated heterocycles. The molecule has 4 heteroatoms. The molecule has 4 nitrogen and oxygen atoms in total. The largest absolute Gasteiger partial charge is 0.493 e. The second kappa shape index (κ2) is 6.88. The molecule has 0 aromatic heterocycles. The van der Waals surface area contributed by atoms with Gasteiger partial charge in [-0.2, -0.15) is 0 Å². The van der Waals surface area contributed by atoms with E-state index in [-0.39, 0.29) is 11.7 Å². The molecule has 1 aromatic rings. The summed E-state index contributed by atoms with van der Waals surface area (Å²) in [4.78, 5) is 0. The second-order valence-electron chi connectivity index (χ2n) is 6.33. The van der Waals surface area contributed by atoms with Crippen LogP contribution in [0.5, 0.6) is 11.5 Å². The molecule has 0 aliphatic carbocycles. The summed E-state index contributed by atoms with van der Waals surface area (Å²) in [6.07, 6.45) is 5.24. The Balaban J connectivity index is 1.86. The monoisotopic (exact) mass is 305 g/mol. The van der Waals surface area contributed by atoms with Gasteiger partial charge in [-0.3, -0.25) is 0 Å². The summed E-state index contributed by atoms with van der Waals surface area (Å²) >= 11 is 0. The maximum Gasteiger partial charge on any atom is 0.129 e. The highest BCUT2D eigenvalue weighted by atomic mass is 16.5. The number of methoxy groups -OCH3 is 1. The normalized spacial score (nSPS) is 22.9. The van der Waals surface area contributed by atoms with E-state index in [1.165, 1.54) is 0 Å². The third-order valence-electron chi connectivity index (χ3n) is 4.79. The molecule has 1 unspecified atom stereocenters. The maximum absolute atomic E-state index is 6.44. The van der Waals surface area contributed by atoms with Gasteiger partial charge in [0.05, 0.1) is 18.3 Å². The van der Waals surface area contributed by atoms with Crippen LogP contribution in [0.3, 0.4) is 0 Å². The summed E-state index contributed by atoms with van der Waals surface area (Å²) in [5.74, 6) is 1.86. The lowest BCUT2D eigenvalue weighted by atomic mass is 9.82. The summed E-state index contributed by atoms with van der Waals surface area (Å²) in [7, 11) is 1.79. The third kappa shape index (κ3) is 3.08. The van der Waals surface area contributed by atoms with Crippen LogP contribution in [-0.4, -0.2) is 32.4 Å². The van der Waals surface area contributed by atoms with Crippen LogP contribution >= 0.6 is 0 Å². The van der Waals surface area contributed by atoms with Crippen molar-refractivity contribution in [3.8, 4) is 11.5 Å². The molecule has 1 spiro atoms. The van der Waals surface area contributed by atoms with Crippen molar-refractivity contribution in [2.75, 3.05) is 26.8 Å². The van der Waals surface area contributed by atoms with Gasteiger partial charge in [0.15, 0.2) is 0 Å². The minimum absolute atomic E-state index is 0.0553. The summed E-state index contributed by atoms with van der Waals surface area (Å²) in [5, 5.41) is 3.41. The van der Waals surface area contributed by atoms with Crippen LogP contribution in [-0.2, 0) is 4.74 Å². The summed E-state index contributed by atoms with van der Waals surface area (Å²) < 4.78 is 18.2. The van der Waals surface area contributed by atoms with E-state index in [0.29, 0.717) is 0 Å². The van der Waals surface area contributed by atoms with E-state index in [1.807, 2.05) is 12.1 Å². The smallest absolute Gasteiger partial charge is 0.129 e. The molecule has 122 valence electrons. The van der Waals surface area contributed by atoms with E-state index < -0.39 is 0 Å². The fraction of sp³-hybridized carbons (Fsp3) is 0.667. The van der Waals surface area contributed by atoms with Crippen LogP contribution < -0.4 is 14.8 Å². The molecule has 1 atom stereocenters. The average molecular weight is 305 g/mol. The molecular formula is C18H27NO3. The first-order valence-corrected chi connectivity index (χ1v) is 8.46. The Morgan fingerprint density at radius 1 is 1.32 bits per heavy atom. The molecule has 2 heterocycles. The van der Waals surface area contributed by atoms with Gasteiger partial charge in [-0.05, 0) is 44.5 Å². The molecule has 2 aliphatic rings. The van der Waals surface area contributed by atoms with Gasteiger partial charge in [0.25, 0.3) is 0 Å². The number of ether oxygens (including phenoxy) is 3. The first kappa shape index (κ1) is 15.6. The Morgan fingerprint density at radius 3 is 2.86 bits per heavy atom. The first-order chi connectivity index (χ1) is 10.8. The molecular weight excluding hydrogens is 278 g/mol. The molecule has 1 N–H and O–H groups in total. The third-order valence-corrected chi connectivity index (χ3v) is 4.79. The van der Waals surface area contributed by atoms with Gasteiger partial charge in [0.2, 0.25) is 0 Å². The van der Waals surface area contributed by atoms with Crippen LogP contribution in [0.15, 0.2) is 18.2 Å². The van der Waals surface area contributed by atoms with Gasteiger partial charge in [-0.15, -0.1) is 0 Å². The van der Waals surface area contributed by atoms with Gasteiger partial charge < -0.3 is 19.5 Å². The number of nitrogens with one attached hydrogen (secondary N) is 1. The highest BCUT2D eigenvalue weighted by Gasteiger charge is 2.43. The molecule has 0 amide bonds. The molecule has 22 heavy (non-hydrogen) atoms. The van der Waals surface area contributed by atoms with Crippen LogP contribution in [0.25, 0.3) is 0 Å². The van der Waals surface area contributed by atoms with Gasteiger partial charge in [-0.1, -0.05) is 19.4 Å². The van der Waals surface area contributed by atoms with E-state index in [1.54, 1.807) is 7.11 Å². The van der Waals surface area contributed by atoms with Crippen molar-refractivity contribution >= 4 is 0 Å². The number of benzene rings is 1. The highest BCUT2D eigenvalue weighted by Crippen LogP contribution is 2.48. The SMILES string of the molecule is CCCCOc1cccc2c1C(OC)CC1(CCNCC1)O2. The number of piperidine rings is 1. The maximum atomic E-state index is 6.44. The molecule has 2 aliphatic heterocycles. The summed E-state index contributed by atoms with van der Waals surface area (Å²) in [5.41, 5.74) is 1.01. The van der Waals surface area contributed by atoms with Gasteiger partial charge in [0, 0.05) is 13.5 Å². The Bertz CT molecular complexity index is 497. The molecule has 3 rings (SSSR count). The van der Waals surface area contributed by atoms with Crippen LogP contribution in [0, 0.1) is 0 Å². The lowest BCUT2D eigenvalue weighted by Gasteiger charge is -2.44. The summed E-state index contributed by atoms with van der Waals surface area (Å²) in [6.45, 7) is 4.95. The molecule has 0 bridgehead atoms. The zero-order valence-electron chi connectivity index (χ0n) is 13.7. The second-order valence-corrected chi connectivity index (χ2v) is 6.33. The predicted octanol–water partition coefficient (Wildman–Crippen LogP) is 3.46. The number of fused-ring (bicyclic) bond motifs is 1. The number of hydrogen-bond acceptors (Lipinski definition) is 4. The van der Waals surface area contributed by atoms with Crippen molar-refractivity contribution in [1.29, 1.82) is 0 Å². The van der Waals surface area contributed by atoms with E-state index >= 15 is 0 Å². The molecule has 0 radical (unpaired) electrons. The minimum Gasteiger partial charge on any atom is -0.493 e. The molecule has 1 aromatic carbocycles. The van der Waals surface area contributed by atoms with Crippen molar-refractivity contribution < 1.29 is 14.2 Å². The van der Waals surface area contributed by atoms with Gasteiger partial charge in [0.1, 0.15) is 17.1 Å². The van der Waals surface area contributed by atoms with E-state index in [2.05, 4.69) is 18.3 Å². The van der Waals surface area contributed by atoms with Crippen LogP contribution in [0.1, 0.15) is 50.7 Å². The molecule has 1 fully saturated rings. The standard InChI is InChI=1S/C18H27NO3/c1-3-4-12-21-14-6-5-7-15-17(14)16(20-2)13-18(22-15)8-10-19-11-9-18/h5-7,16,19H,3-4,8-13H2,1-2H3. The number of hydrogen-bond donors (Lipinski definition) is 1. The zero-order valence-corrected chi connectivity index (χ0v) is 13.7. The van der Waals surface area contributed by atoms with Crippen molar-refractivity contribution in [1.82, 2.24) is 5.32 Å². The highest BCUT2D eigenvalue weighted by molar-refractivity contribution is 5.48. The van der Waals surface area contributed by atoms with Gasteiger partial charge >= 0.3 is 0 Å². The Labute approximate surface area is 133 Å². The van der Waals surface area contributed by atoms with E-state index in [4.69, 9.17) is 14.2 Å².